The minimum absolute atomic E-state index is 0.132. The lowest BCUT2D eigenvalue weighted by atomic mass is 10.1. The van der Waals surface area contributed by atoms with Crippen molar-refractivity contribution in [2.45, 2.75) is 19.4 Å². The largest absolute Gasteiger partial charge is 0.486 e. The number of nitrogens with one attached hydrogen (secondary N) is 2. The summed E-state index contributed by atoms with van der Waals surface area (Å²) in [4.78, 5) is 29.0. The maximum atomic E-state index is 12.4. The smallest absolute Gasteiger partial charge is 0.257 e. The van der Waals surface area contributed by atoms with Gasteiger partial charge in [-0.3, -0.25) is 14.9 Å². The fourth-order valence-electron chi connectivity index (χ4n) is 3.07. The van der Waals surface area contributed by atoms with Gasteiger partial charge in [-0.1, -0.05) is 24.3 Å². The molecule has 154 valence electrons. The van der Waals surface area contributed by atoms with Gasteiger partial charge in [0.05, 0.1) is 18.2 Å². The lowest BCUT2D eigenvalue weighted by Gasteiger charge is -2.21. The topological polar surface area (TPSA) is 89.6 Å². The molecule has 0 aliphatic carbocycles. The summed E-state index contributed by atoms with van der Waals surface area (Å²) in [5, 5.41) is 7.96. The number of carbonyl (C=O) groups excluding carboxylic acids is 2. The van der Waals surface area contributed by atoms with Gasteiger partial charge < -0.3 is 14.8 Å². The summed E-state index contributed by atoms with van der Waals surface area (Å²) in [6.45, 7) is 2.97. The molecule has 3 aromatic rings. The van der Waals surface area contributed by atoms with Gasteiger partial charge in [-0.25, -0.2) is 4.98 Å². The van der Waals surface area contributed by atoms with Gasteiger partial charge in [-0.05, 0) is 36.8 Å². The first kappa shape index (κ1) is 19.9. The van der Waals surface area contributed by atoms with Crippen molar-refractivity contribution < 1.29 is 19.1 Å². The molecule has 1 aliphatic rings. The van der Waals surface area contributed by atoms with Crippen LogP contribution in [0.4, 0.5) is 5.13 Å². The van der Waals surface area contributed by atoms with Crippen LogP contribution in [0.2, 0.25) is 0 Å². The van der Waals surface area contributed by atoms with Gasteiger partial charge in [-0.2, -0.15) is 0 Å². The number of rotatable bonds is 6. The first-order valence-electron chi connectivity index (χ1n) is 9.58. The van der Waals surface area contributed by atoms with Crippen molar-refractivity contribution in [1.29, 1.82) is 0 Å². The molecule has 30 heavy (non-hydrogen) atoms. The van der Waals surface area contributed by atoms with E-state index >= 15 is 0 Å². The summed E-state index contributed by atoms with van der Waals surface area (Å²) in [6, 6.07) is 14.4. The SMILES string of the molecule is C[C@@H](NC(=O)Cc1csc(NC(=O)c2ccccc2)n1)c1ccc2c(c1)OCCO2. The standard InChI is InChI=1S/C22H21N3O4S/c1-14(16-7-8-18-19(11-16)29-10-9-28-18)23-20(26)12-17-13-30-22(24-17)25-21(27)15-5-3-2-4-6-15/h2-8,11,13-14H,9-10,12H2,1H3,(H,23,26)(H,24,25,27)/t14-/m1/s1. The number of amides is 2. The highest BCUT2D eigenvalue weighted by Crippen LogP contribution is 2.32. The van der Waals surface area contributed by atoms with Crippen molar-refractivity contribution in [3.8, 4) is 11.5 Å². The van der Waals surface area contributed by atoms with Crippen LogP contribution >= 0.6 is 11.3 Å². The van der Waals surface area contributed by atoms with Crippen LogP contribution in [-0.4, -0.2) is 30.0 Å². The number of ether oxygens (including phenoxy) is 2. The third-order valence-electron chi connectivity index (χ3n) is 4.59. The first-order chi connectivity index (χ1) is 14.6. The maximum absolute atomic E-state index is 12.4. The van der Waals surface area contributed by atoms with Gasteiger partial charge in [0, 0.05) is 10.9 Å². The molecule has 2 amide bonds. The molecule has 4 rings (SSSR count). The van der Waals surface area contributed by atoms with Crippen molar-refractivity contribution in [2.75, 3.05) is 18.5 Å². The molecule has 1 atom stereocenters. The fourth-order valence-corrected chi connectivity index (χ4v) is 3.78. The summed E-state index contributed by atoms with van der Waals surface area (Å²) in [6.07, 6.45) is 0.132. The molecular weight excluding hydrogens is 402 g/mol. The number of nitrogens with zero attached hydrogens (tertiary/aromatic N) is 1. The number of benzene rings is 2. The van der Waals surface area contributed by atoms with Crippen LogP contribution in [0.25, 0.3) is 0 Å². The Labute approximate surface area is 178 Å². The van der Waals surface area contributed by atoms with Crippen LogP contribution in [0, 0.1) is 0 Å². The number of hydrogen-bond donors (Lipinski definition) is 2. The minimum atomic E-state index is -0.229. The fraction of sp³-hybridized carbons (Fsp3) is 0.227. The van der Waals surface area contributed by atoms with Crippen molar-refractivity contribution in [2.24, 2.45) is 0 Å². The molecule has 0 bridgehead atoms. The van der Waals surface area contributed by atoms with E-state index in [1.807, 2.05) is 31.2 Å². The highest BCUT2D eigenvalue weighted by Gasteiger charge is 2.17. The Balaban J connectivity index is 1.32. The van der Waals surface area contributed by atoms with E-state index in [4.69, 9.17) is 9.47 Å². The molecule has 0 saturated carbocycles. The molecule has 7 nitrogen and oxygen atoms in total. The number of fused-ring (bicyclic) bond motifs is 1. The van der Waals surface area contributed by atoms with Gasteiger partial charge in [0.15, 0.2) is 16.6 Å². The summed E-state index contributed by atoms with van der Waals surface area (Å²) >= 11 is 1.29. The molecule has 2 N–H and O–H groups in total. The zero-order chi connectivity index (χ0) is 20.9. The molecule has 2 heterocycles. The normalized spacial score (nSPS) is 13.4. The molecule has 0 spiro atoms. The van der Waals surface area contributed by atoms with E-state index in [0.29, 0.717) is 35.4 Å². The number of thiazole rings is 1. The maximum Gasteiger partial charge on any atom is 0.257 e. The summed E-state index contributed by atoms with van der Waals surface area (Å²) in [5.74, 6) is 1.03. The number of carbonyl (C=O) groups is 2. The van der Waals surface area contributed by atoms with E-state index in [1.54, 1.807) is 29.6 Å². The Bertz CT molecular complexity index is 1050. The molecule has 0 radical (unpaired) electrons. The van der Waals surface area contributed by atoms with Crippen molar-refractivity contribution in [1.82, 2.24) is 10.3 Å². The van der Waals surface area contributed by atoms with Crippen molar-refractivity contribution >= 4 is 28.3 Å². The van der Waals surface area contributed by atoms with Crippen LogP contribution in [0.15, 0.2) is 53.9 Å². The third kappa shape index (κ3) is 4.77. The molecule has 0 unspecified atom stereocenters. The Kier molecular flexibility index (Phi) is 5.94. The Morgan fingerprint density at radius 2 is 1.87 bits per heavy atom. The second-order valence-electron chi connectivity index (χ2n) is 6.83. The Morgan fingerprint density at radius 1 is 1.10 bits per heavy atom. The quantitative estimate of drug-likeness (QED) is 0.633. The lowest BCUT2D eigenvalue weighted by molar-refractivity contribution is -0.121. The van der Waals surface area contributed by atoms with E-state index < -0.39 is 0 Å². The van der Waals surface area contributed by atoms with Gasteiger partial charge >= 0.3 is 0 Å². The van der Waals surface area contributed by atoms with E-state index in [0.717, 1.165) is 11.3 Å². The highest BCUT2D eigenvalue weighted by molar-refractivity contribution is 7.14. The number of hydrogen-bond acceptors (Lipinski definition) is 6. The summed E-state index contributed by atoms with van der Waals surface area (Å²) < 4.78 is 11.1. The average Bonchev–Trinajstić information content (AvgIpc) is 3.20. The predicted octanol–water partition coefficient (Wildman–Crippen LogP) is 3.59. The van der Waals surface area contributed by atoms with Crippen LogP contribution in [-0.2, 0) is 11.2 Å². The zero-order valence-corrected chi connectivity index (χ0v) is 17.2. The van der Waals surface area contributed by atoms with E-state index in [2.05, 4.69) is 15.6 Å². The van der Waals surface area contributed by atoms with E-state index in [-0.39, 0.29) is 24.3 Å². The Morgan fingerprint density at radius 3 is 2.67 bits per heavy atom. The molecule has 2 aromatic carbocycles. The second-order valence-corrected chi connectivity index (χ2v) is 7.69. The van der Waals surface area contributed by atoms with Gasteiger partial charge in [0.2, 0.25) is 5.91 Å². The molecule has 0 saturated heterocycles. The molecule has 1 aromatic heterocycles. The van der Waals surface area contributed by atoms with E-state index in [1.165, 1.54) is 11.3 Å². The molecule has 0 fully saturated rings. The number of aromatic nitrogens is 1. The number of anilines is 1. The third-order valence-corrected chi connectivity index (χ3v) is 5.40. The second kappa shape index (κ2) is 8.96. The van der Waals surface area contributed by atoms with Crippen LogP contribution < -0.4 is 20.1 Å². The van der Waals surface area contributed by atoms with Crippen LogP contribution in [0.3, 0.4) is 0 Å². The zero-order valence-electron chi connectivity index (χ0n) is 16.4. The lowest BCUT2D eigenvalue weighted by Crippen LogP contribution is -2.28. The average molecular weight is 423 g/mol. The van der Waals surface area contributed by atoms with Crippen molar-refractivity contribution in [3.63, 3.8) is 0 Å². The van der Waals surface area contributed by atoms with Gasteiger partial charge in [0.1, 0.15) is 13.2 Å². The first-order valence-corrected chi connectivity index (χ1v) is 10.5. The van der Waals surface area contributed by atoms with E-state index in [9.17, 15) is 9.59 Å². The van der Waals surface area contributed by atoms with Crippen molar-refractivity contribution in [3.05, 3.63) is 70.7 Å². The Hall–Kier alpha value is -3.39. The summed E-state index contributed by atoms with van der Waals surface area (Å²) in [7, 11) is 0. The van der Waals surface area contributed by atoms with Gasteiger partial charge in [0.25, 0.3) is 5.91 Å². The summed E-state index contributed by atoms with van der Waals surface area (Å²) in [5.41, 5.74) is 2.09. The monoisotopic (exact) mass is 423 g/mol. The molecule has 8 heteroatoms. The van der Waals surface area contributed by atoms with Crippen LogP contribution in [0.1, 0.15) is 34.6 Å². The van der Waals surface area contributed by atoms with Crippen LogP contribution in [0.5, 0.6) is 11.5 Å². The molecule has 1 aliphatic heterocycles. The highest BCUT2D eigenvalue weighted by atomic mass is 32.1. The molecular formula is C22H21N3O4S. The minimum Gasteiger partial charge on any atom is -0.486 e. The predicted molar refractivity (Wildman–Crippen MR) is 114 cm³/mol. The van der Waals surface area contributed by atoms with Gasteiger partial charge in [-0.15, -0.1) is 11.3 Å².